The SMILES string of the molecule is CCCN1CCC(NS(=O)(=O)c2cccc(O)c2)CC1. The number of phenols is 1. The molecule has 1 fully saturated rings. The van der Waals surface area contributed by atoms with Crippen molar-refractivity contribution in [3.8, 4) is 5.75 Å². The predicted octanol–water partition coefficient (Wildman–Crippen LogP) is 1.54. The summed E-state index contributed by atoms with van der Waals surface area (Å²) < 4.78 is 27.2. The molecule has 1 aromatic carbocycles. The smallest absolute Gasteiger partial charge is 0.240 e. The summed E-state index contributed by atoms with van der Waals surface area (Å²) in [7, 11) is -3.54. The maximum atomic E-state index is 12.2. The van der Waals surface area contributed by atoms with E-state index in [1.165, 1.54) is 24.3 Å². The zero-order chi connectivity index (χ0) is 14.6. The van der Waals surface area contributed by atoms with Gasteiger partial charge in [-0.15, -0.1) is 0 Å². The minimum absolute atomic E-state index is 0.0181. The number of hydrogen-bond donors (Lipinski definition) is 2. The lowest BCUT2D eigenvalue weighted by Crippen LogP contribution is -2.44. The molecular formula is C14H22N2O3S. The molecule has 1 aliphatic rings. The Morgan fingerprint density at radius 2 is 2.05 bits per heavy atom. The zero-order valence-electron chi connectivity index (χ0n) is 11.7. The molecular weight excluding hydrogens is 276 g/mol. The minimum atomic E-state index is -3.54. The van der Waals surface area contributed by atoms with Gasteiger partial charge in [0.2, 0.25) is 10.0 Å². The number of aromatic hydroxyl groups is 1. The van der Waals surface area contributed by atoms with Crippen LogP contribution in [0.2, 0.25) is 0 Å². The molecule has 0 aromatic heterocycles. The van der Waals surface area contributed by atoms with Crippen molar-refractivity contribution in [1.82, 2.24) is 9.62 Å². The molecule has 112 valence electrons. The third-order valence-corrected chi connectivity index (χ3v) is 5.10. The van der Waals surface area contributed by atoms with E-state index in [0.717, 1.165) is 38.9 Å². The fourth-order valence-electron chi connectivity index (χ4n) is 2.53. The fraction of sp³-hybridized carbons (Fsp3) is 0.571. The molecule has 0 radical (unpaired) electrons. The molecule has 1 aromatic rings. The first-order valence-electron chi connectivity index (χ1n) is 7.05. The molecule has 0 aliphatic carbocycles. The van der Waals surface area contributed by atoms with E-state index in [0.29, 0.717) is 0 Å². The standard InChI is InChI=1S/C14H22N2O3S/c1-2-8-16-9-6-12(7-10-16)15-20(18,19)14-5-3-4-13(17)11-14/h3-5,11-12,15,17H,2,6-10H2,1H3. The Morgan fingerprint density at radius 1 is 1.35 bits per heavy atom. The molecule has 2 N–H and O–H groups in total. The molecule has 1 aliphatic heterocycles. The average molecular weight is 298 g/mol. The highest BCUT2D eigenvalue weighted by Gasteiger charge is 2.24. The van der Waals surface area contributed by atoms with Crippen molar-refractivity contribution >= 4 is 10.0 Å². The van der Waals surface area contributed by atoms with Gasteiger partial charge in [-0.1, -0.05) is 13.0 Å². The van der Waals surface area contributed by atoms with Crippen LogP contribution in [0.4, 0.5) is 0 Å². The highest BCUT2D eigenvalue weighted by atomic mass is 32.2. The van der Waals surface area contributed by atoms with Gasteiger partial charge in [0.25, 0.3) is 0 Å². The summed E-state index contributed by atoms with van der Waals surface area (Å²) in [4.78, 5) is 2.48. The highest BCUT2D eigenvalue weighted by Crippen LogP contribution is 2.18. The van der Waals surface area contributed by atoms with Gasteiger partial charge in [0.05, 0.1) is 4.90 Å². The maximum absolute atomic E-state index is 12.2. The van der Waals surface area contributed by atoms with Gasteiger partial charge >= 0.3 is 0 Å². The van der Waals surface area contributed by atoms with Crippen molar-refractivity contribution in [3.63, 3.8) is 0 Å². The Kier molecular flexibility index (Phi) is 5.01. The van der Waals surface area contributed by atoms with Crippen molar-refractivity contribution in [1.29, 1.82) is 0 Å². The summed E-state index contributed by atoms with van der Waals surface area (Å²) in [5.41, 5.74) is 0. The van der Waals surface area contributed by atoms with E-state index in [9.17, 15) is 13.5 Å². The molecule has 2 rings (SSSR count). The third-order valence-electron chi connectivity index (χ3n) is 3.58. The number of sulfonamides is 1. The van der Waals surface area contributed by atoms with Crippen molar-refractivity contribution in [2.45, 2.75) is 37.1 Å². The Labute approximate surface area is 120 Å². The van der Waals surface area contributed by atoms with Gasteiger partial charge < -0.3 is 10.0 Å². The van der Waals surface area contributed by atoms with E-state index in [1.807, 2.05) is 0 Å². The number of piperidine rings is 1. The summed E-state index contributed by atoms with van der Waals surface area (Å²) >= 11 is 0. The summed E-state index contributed by atoms with van der Waals surface area (Å²) in [6.07, 6.45) is 2.79. The van der Waals surface area contributed by atoms with Gasteiger partial charge in [-0.25, -0.2) is 13.1 Å². The van der Waals surface area contributed by atoms with Crippen LogP contribution in [0.3, 0.4) is 0 Å². The number of nitrogens with one attached hydrogen (secondary N) is 1. The second-order valence-corrected chi connectivity index (χ2v) is 6.95. The van der Waals surface area contributed by atoms with Crippen LogP contribution in [-0.4, -0.2) is 44.1 Å². The molecule has 0 atom stereocenters. The maximum Gasteiger partial charge on any atom is 0.240 e. The normalized spacial score (nSPS) is 18.2. The monoisotopic (exact) mass is 298 g/mol. The lowest BCUT2D eigenvalue weighted by Gasteiger charge is -2.31. The molecule has 20 heavy (non-hydrogen) atoms. The number of likely N-dealkylation sites (tertiary alicyclic amines) is 1. The number of nitrogens with zero attached hydrogens (tertiary/aromatic N) is 1. The van der Waals surface area contributed by atoms with E-state index in [1.54, 1.807) is 0 Å². The lowest BCUT2D eigenvalue weighted by molar-refractivity contribution is 0.208. The van der Waals surface area contributed by atoms with Crippen molar-refractivity contribution in [3.05, 3.63) is 24.3 Å². The Balaban J connectivity index is 1.96. The quantitative estimate of drug-likeness (QED) is 0.865. The first kappa shape index (κ1) is 15.3. The molecule has 1 saturated heterocycles. The van der Waals surface area contributed by atoms with E-state index in [2.05, 4.69) is 16.5 Å². The molecule has 0 amide bonds. The summed E-state index contributed by atoms with van der Waals surface area (Å²) in [5, 5.41) is 9.38. The zero-order valence-corrected chi connectivity index (χ0v) is 12.6. The number of phenolic OH excluding ortho intramolecular Hbond substituents is 1. The van der Waals surface area contributed by atoms with E-state index in [-0.39, 0.29) is 16.7 Å². The summed E-state index contributed by atoms with van der Waals surface area (Å²) in [6, 6.07) is 5.74. The topological polar surface area (TPSA) is 69.6 Å². The number of rotatable bonds is 5. The largest absolute Gasteiger partial charge is 0.508 e. The van der Waals surface area contributed by atoms with E-state index < -0.39 is 10.0 Å². The van der Waals surface area contributed by atoms with Gasteiger partial charge in [0.1, 0.15) is 5.75 Å². The van der Waals surface area contributed by atoms with Gasteiger partial charge in [0, 0.05) is 6.04 Å². The molecule has 1 heterocycles. The Morgan fingerprint density at radius 3 is 2.65 bits per heavy atom. The lowest BCUT2D eigenvalue weighted by atomic mass is 10.1. The van der Waals surface area contributed by atoms with Crippen LogP contribution in [0.1, 0.15) is 26.2 Å². The molecule has 5 nitrogen and oxygen atoms in total. The predicted molar refractivity (Wildman–Crippen MR) is 78.2 cm³/mol. The first-order chi connectivity index (χ1) is 9.51. The highest BCUT2D eigenvalue weighted by molar-refractivity contribution is 7.89. The molecule has 6 heteroatoms. The van der Waals surface area contributed by atoms with E-state index in [4.69, 9.17) is 0 Å². The van der Waals surface area contributed by atoms with Crippen LogP contribution in [0, 0.1) is 0 Å². The van der Waals surface area contributed by atoms with Gasteiger partial charge in [-0.05, 0) is 57.1 Å². The fourth-order valence-corrected chi connectivity index (χ4v) is 3.87. The molecule has 0 saturated carbocycles. The van der Waals surface area contributed by atoms with Gasteiger partial charge in [-0.3, -0.25) is 0 Å². The van der Waals surface area contributed by atoms with E-state index >= 15 is 0 Å². The van der Waals surface area contributed by atoms with Crippen molar-refractivity contribution in [2.24, 2.45) is 0 Å². The van der Waals surface area contributed by atoms with Crippen LogP contribution in [-0.2, 0) is 10.0 Å². The summed E-state index contributed by atoms with van der Waals surface area (Å²) in [6.45, 7) is 5.09. The van der Waals surface area contributed by atoms with Crippen molar-refractivity contribution in [2.75, 3.05) is 19.6 Å². The van der Waals surface area contributed by atoms with Gasteiger partial charge in [-0.2, -0.15) is 0 Å². The number of benzene rings is 1. The van der Waals surface area contributed by atoms with Gasteiger partial charge in [0.15, 0.2) is 0 Å². The van der Waals surface area contributed by atoms with Crippen LogP contribution in [0.25, 0.3) is 0 Å². The second-order valence-electron chi connectivity index (χ2n) is 5.23. The van der Waals surface area contributed by atoms with Crippen molar-refractivity contribution < 1.29 is 13.5 Å². The minimum Gasteiger partial charge on any atom is -0.508 e. The second kappa shape index (κ2) is 6.56. The molecule has 0 unspecified atom stereocenters. The summed E-state index contributed by atoms with van der Waals surface area (Å²) in [5.74, 6) is -0.0364. The van der Waals surface area contributed by atoms with Crippen LogP contribution in [0.5, 0.6) is 5.75 Å². The molecule has 0 bridgehead atoms. The number of hydrogen-bond acceptors (Lipinski definition) is 4. The molecule has 0 spiro atoms. The average Bonchev–Trinajstić information content (AvgIpc) is 2.41. The first-order valence-corrected chi connectivity index (χ1v) is 8.53. The van der Waals surface area contributed by atoms with Crippen LogP contribution in [0.15, 0.2) is 29.2 Å². The van der Waals surface area contributed by atoms with Crippen LogP contribution < -0.4 is 4.72 Å². The third kappa shape index (κ3) is 3.94. The Bertz CT molecular complexity index is 537. The van der Waals surface area contributed by atoms with Crippen LogP contribution >= 0.6 is 0 Å². The Hall–Kier alpha value is -1.11.